The first-order valence-electron chi connectivity index (χ1n) is 5.46. The third-order valence-corrected chi connectivity index (χ3v) is 3.21. The van der Waals surface area contributed by atoms with Crippen LogP contribution < -0.4 is 5.32 Å². The first kappa shape index (κ1) is 12.2. The van der Waals surface area contributed by atoms with Crippen molar-refractivity contribution in [1.82, 2.24) is 5.32 Å². The number of rotatable bonds is 5. The molecule has 1 N–H and O–H groups in total. The Morgan fingerprint density at radius 1 is 1.53 bits per heavy atom. The zero-order chi connectivity index (χ0) is 11.3. The van der Waals surface area contributed by atoms with E-state index in [2.05, 4.69) is 31.3 Å². The Kier molecular flexibility index (Phi) is 4.82. The summed E-state index contributed by atoms with van der Waals surface area (Å²) in [5, 5.41) is 3.01. The third-order valence-electron chi connectivity index (χ3n) is 2.19. The number of hydrogen-bond donors (Lipinski definition) is 1. The van der Waals surface area contributed by atoms with Crippen molar-refractivity contribution < 1.29 is 4.79 Å². The predicted octanol–water partition coefficient (Wildman–Crippen LogP) is 2.90. The molecule has 3 heteroatoms. The first-order valence-corrected chi connectivity index (χ1v) is 6.28. The van der Waals surface area contributed by atoms with E-state index in [1.165, 1.54) is 9.75 Å². The van der Waals surface area contributed by atoms with Gasteiger partial charge in [-0.3, -0.25) is 4.79 Å². The average molecular weight is 225 g/mol. The number of aryl methyl sites for hydroxylation is 1. The number of amides is 1. The molecular weight excluding hydrogens is 206 g/mol. The zero-order valence-electron chi connectivity index (χ0n) is 9.67. The number of carbonyl (C=O) groups excluding carboxylic acids is 1. The highest BCUT2D eigenvalue weighted by atomic mass is 32.1. The van der Waals surface area contributed by atoms with Gasteiger partial charge in [0.2, 0.25) is 5.91 Å². The van der Waals surface area contributed by atoms with Crippen molar-refractivity contribution >= 4 is 17.2 Å². The Morgan fingerprint density at radius 3 is 2.80 bits per heavy atom. The Balaban J connectivity index is 2.35. The van der Waals surface area contributed by atoms with Crippen LogP contribution in [0.3, 0.4) is 0 Å². The lowest BCUT2D eigenvalue weighted by Gasteiger charge is -2.12. The topological polar surface area (TPSA) is 29.1 Å². The van der Waals surface area contributed by atoms with Gasteiger partial charge in [-0.25, -0.2) is 0 Å². The Labute approximate surface area is 95.7 Å². The molecule has 0 saturated heterocycles. The molecule has 1 rings (SSSR count). The van der Waals surface area contributed by atoms with Crippen LogP contribution in [0.1, 0.15) is 36.4 Å². The molecule has 0 saturated carbocycles. The van der Waals surface area contributed by atoms with Gasteiger partial charge in [0.15, 0.2) is 0 Å². The van der Waals surface area contributed by atoms with Gasteiger partial charge in [-0.1, -0.05) is 6.92 Å². The van der Waals surface area contributed by atoms with Gasteiger partial charge in [0.1, 0.15) is 0 Å². The summed E-state index contributed by atoms with van der Waals surface area (Å²) < 4.78 is 0. The summed E-state index contributed by atoms with van der Waals surface area (Å²) >= 11 is 1.81. The maximum atomic E-state index is 11.3. The summed E-state index contributed by atoms with van der Waals surface area (Å²) in [6.45, 7) is 6.18. The summed E-state index contributed by atoms with van der Waals surface area (Å²) in [5.41, 5.74) is 0. The second-order valence-corrected chi connectivity index (χ2v) is 5.31. The second-order valence-electron chi connectivity index (χ2n) is 3.94. The molecule has 0 aliphatic rings. The van der Waals surface area contributed by atoms with Gasteiger partial charge in [-0.15, -0.1) is 11.3 Å². The highest BCUT2D eigenvalue weighted by Crippen LogP contribution is 2.16. The molecule has 0 aliphatic heterocycles. The highest BCUT2D eigenvalue weighted by molar-refractivity contribution is 7.11. The Bertz CT molecular complexity index is 319. The van der Waals surface area contributed by atoms with Crippen LogP contribution in [0.4, 0.5) is 0 Å². The normalized spacial score (nSPS) is 12.5. The maximum absolute atomic E-state index is 11.3. The van der Waals surface area contributed by atoms with Crippen LogP contribution in [0, 0.1) is 6.92 Å². The maximum Gasteiger partial charge on any atom is 0.220 e. The molecule has 0 fully saturated rings. The molecule has 0 spiro atoms. The molecule has 1 heterocycles. The Morgan fingerprint density at radius 2 is 2.27 bits per heavy atom. The molecule has 84 valence electrons. The van der Waals surface area contributed by atoms with E-state index in [1.54, 1.807) is 11.3 Å². The van der Waals surface area contributed by atoms with Crippen molar-refractivity contribution in [2.45, 2.75) is 46.1 Å². The third kappa shape index (κ3) is 4.47. The lowest BCUT2D eigenvalue weighted by molar-refractivity contribution is -0.121. The molecule has 1 aromatic rings. The minimum absolute atomic E-state index is 0.165. The minimum atomic E-state index is 0.165. The molecule has 0 aromatic carbocycles. The molecule has 0 bridgehead atoms. The second kappa shape index (κ2) is 5.91. The predicted molar refractivity (Wildman–Crippen MR) is 65.3 cm³/mol. The van der Waals surface area contributed by atoms with E-state index in [0.29, 0.717) is 6.42 Å². The smallest absolute Gasteiger partial charge is 0.220 e. The van der Waals surface area contributed by atoms with Crippen molar-refractivity contribution in [1.29, 1.82) is 0 Å². The molecule has 1 aromatic heterocycles. The summed E-state index contributed by atoms with van der Waals surface area (Å²) in [6.07, 6.45) is 2.48. The van der Waals surface area contributed by atoms with E-state index < -0.39 is 0 Å². The molecule has 2 nitrogen and oxygen atoms in total. The standard InChI is InChI=1S/C12H19NOS/c1-4-5-12(14)13-9(2)8-11-7-6-10(3)15-11/h6-7,9H,4-5,8H2,1-3H3,(H,13,14). The molecule has 1 atom stereocenters. The average Bonchev–Trinajstić information content (AvgIpc) is 2.51. The summed E-state index contributed by atoms with van der Waals surface area (Å²) in [5.74, 6) is 0.165. The van der Waals surface area contributed by atoms with Crippen LogP contribution in [0.25, 0.3) is 0 Å². The van der Waals surface area contributed by atoms with Crippen molar-refractivity contribution in [2.24, 2.45) is 0 Å². The van der Waals surface area contributed by atoms with E-state index in [0.717, 1.165) is 12.8 Å². The van der Waals surface area contributed by atoms with Gasteiger partial charge in [0.25, 0.3) is 0 Å². The quantitative estimate of drug-likeness (QED) is 0.820. The van der Waals surface area contributed by atoms with Crippen LogP contribution in [-0.2, 0) is 11.2 Å². The van der Waals surface area contributed by atoms with E-state index in [4.69, 9.17) is 0 Å². The van der Waals surface area contributed by atoms with Crippen LogP contribution in [0.5, 0.6) is 0 Å². The Hall–Kier alpha value is -0.830. The van der Waals surface area contributed by atoms with Gasteiger partial charge < -0.3 is 5.32 Å². The summed E-state index contributed by atoms with van der Waals surface area (Å²) in [4.78, 5) is 14.0. The first-order chi connectivity index (χ1) is 7.11. The lowest BCUT2D eigenvalue weighted by Crippen LogP contribution is -2.33. The van der Waals surface area contributed by atoms with E-state index in [-0.39, 0.29) is 11.9 Å². The van der Waals surface area contributed by atoms with Gasteiger partial charge in [-0.2, -0.15) is 0 Å². The summed E-state index contributed by atoms with van der Waals surface area (Å²) in [7, 11) is 0. The van der Waals surface area contributed by atoms with Crippen LogP contribution in [-0.4, -0.2) is 11.9 Å². The summed E-state index contributed by atoms with van der Waals surface area (Å²) in [6, 6.07) is 4.50. The molecule has 1 unspecified atom stereocenters. The van der Waals surface area contributed by atoms with Gasteiger partial charge in [-0.05, 0) is 32.4 Å². The fourth-order valence-electron chi connectivity index (χ4n) is 1.52. The number of nitrogens with one attached hydrogen (secondary N) is 1. The molecule has 0 radical (unpaired) electrons. The van der Waals surface area contributed by atoms with Crippen LogP contribution in [0.15, 0.2) is 12.1 Å². The minimum Gasteiger partial charge on any atom is -0.353 e. The van der Waals surface area contributed by atoms with E-state index in [1.807, 2.05) is 6.92 Å². The number of carbonyl (C=O) groups is 1. The van der Waals surface area contributed by atoms with Crippen molar-refractivity contribution in [3.8, 4) is 0 Å². The van der Waals surface area contributed by atoms with Crippen molar-refractivity contribution in [2.75, 3.05) is 0 Å². The molecule has 0 aliphatic carbocycles. The largest absolute Gasteiger partial charge is 0.353 e. The van der Waals surface area contributed by atoms with Gasteiger partial charge >= 0.3 is 0 Å². The van der Waals surface area contributed by atoms with Crippen molar-refractivity contribution in [3.63, 3.8) is 0 Å². The van der Waals surface area contributed by atoms with E-state index in [9.17, 15) is 4.79 Å². The van der Waals surface area contributed by atoms with Crippen LogP contribution in [0.2, 0.25) is 0 Å². The van der Waals surface area contributed by atoms with Crippen molar-refractivity contribution in [3.05, 3.63) is 21.9 Å². The molecule has 1 amide bonds. The van der Waals surface area contributed by atoms with Gasteiger partial charge in [0, 0.05) is 28.6 Å². The fourth-order valence-corrected chi connectivity index (χ4v) is 2.54. The van der Waals surface area contributed by atoms with E-state index >= 15 is 0 Å². The van der Waals surface area contributed by atoms with Gasteiger partial charge in [0.05, 0.1) is 0 Å². The monoisotopic (exact) mass is 225 g/mol. The fraction of sp³-hybridized carbons (Fsp3) is 0.583. The van der Waals surface area contributed by atoms with Crippen LogP contribution >= 0.6 is 11.3 Å². The SMILES string of the molecule is CCCC(=O)NC(C)Cc1ccc(C)s1. The lowest BCUT2D eigenvalue weighted by atomic mass is 10.2. The number of hydrogen-bond acceptors (Lipinski definition) is 2. The zero-order valence-corrected chi connectivity index (χ0v) is 10.5. The molecule has 15 heavy (non-hydrogen) atoms. The molecular formula is C12H19NOS. The highest BCUT2D eigenvalue weighted by Gasteiger charge is 2.08. The number of thiophene rings is 1.